The van der Waals surface area contributed by atoms with Crippen LogP contribution < -0.4 is 14.8 Å². The molecule has 2 aromatic rings. The second-order valence-corrected chi connectivity index (χ2v) is 6.68. The van der Waals surface area contributed by atoms with Crippen molar-refractivity contribution in [2.45, 2.75) is 32.4 Å². The van der Waals surface area contributed by atoms with Gasteiger partial charge in [-0.15, -0.1) is 0 Å². The molecule has 3 rings (SSSR count). The minimum Gasteiger partial charge on any atom is -0.493 e. The van der Waals surface area contributed by atoms with Crippen LogP contribution in [0.5, 0.6) is 11.5 Å². The molecule has 2 heterocycles. The summed E-state index contributed by atoms with van der Waals surface area (Å²) in [5.74, 6) is 1.67. The zero-order valence-corrected chi connectivity index (χ0v) is 16.0. The maximum absolute atomic E-state index is 12.6. The third-order valence-electron chi connectivity index (χ3n) is 4.89. The Hall–Kier alpha value is -2.60. The Kier molecular flexibility index (Phi) is 6.65. The van der Waals surface area contributed by atoms with E-state index in [1.807, 2.05) is 29.2 Å². The van der Waals surface area contributed by atoms with E-state index < -0.39 is 0 Å². The molecule has 1 aliphatic rings. The number of ether oxygens (including phenoxy) is 2. The quantitative estimate of drug-likeness (QED) is 0.725. The number of carbonyl (C=O) groups is 1. The highest BCUT2D eigenvalue weighted by atomic mass is 16.5. The summed E-state index contributed by atoms with van der Waals surface area (Å²) >= 11 is 0. The number of carbonyl (C=O) groups excluding carboxylic acids is 1. The van der Waals surface area contributed by atoms with Crippen LogP contribution in [0.4, 0.5) is 0 Å². The van der Waals surface area contributed by atoms with E-state index in [0.717, 1.165) is 43.8 Å². The van der Waals surface area contributed by atoms with Crippen LogP contribution in [0, 0.1) is 0 Å². The first-order valence-corrected chi connectivity index (χ1v) is 9.32. The van der Waals surface area contributed by atoms with E-state index in [1.54, 1.807) is 26.6 Å². The minimum absolute atomic E-state index is 0.209. The fourth-order valence-corrected chi connectivity index (χ4v) is 3.35. The summed E-state index contributed by atoms with van der Waals surface area (Å²) in [6, 6.07) is 8.00. The lowest BCUT2D eigenvalue weighted by Crippen LogP contribution is -2.36. The van der Waals surface area contributed by atoms with Gasteiger partial charge in [-0.2, -0.15) is 0 Å². The number of benzene rings is 1. The van der Waals surface area contributed by atoms with Crippen LogP contribution in [0.1, 0.15) is 29.5 Å². The normalized spacial score (nSPS) is 13.2. The second kappa shape index (κ2) is 9.37. The minimum atomic E-state index is 0.209. The Labute approximate surface area is 160 Å². The Morgan fingerprint density at radius 3 is 2.56 bits per heavy atom. The first-order chi connectivity index (χ1) is 13.2. The lowest BCUT2D eigenvalue weighted by molar-refractivity contribution is -0.132. The van der Waals surface area contributed by atoms with E-state index in [-0.39, 0.29) is 5.91 Å². The van der Waals surface area contributed by atoms with Crippen molar-refractivity contribution in [1.82, 2.24) is 15.2 Å². The van der Waals surface area contributed by atoms with E-state index in [1.165, 1.54) is 11.1 Å². The molecule has 6 nitrogen and oxygen atoms in total. The van der Waals surface area contributed by atoms with Gasteiger partial charge in [-0.05, 0) is 60.3 Å². The molecule has 1 aromatic heterocycles. The topological polar surface area (TPSA) is 63.7 Å². The average Bonchev–Trinajstić information content (AvgIpc) is 2.72. The van der Waals surface area contributed by atoms with E-state index in [2.05, 4.69) is 10.3 Å². The molecule has 0 bridgehead atoms. The van der Waals surface area contributed by atoms with E-state index >= 15 is 0 Å². The van der Waals surface area contributed by atoms with Gasteiger partial charge in [-0.25, -0.2) is 0 Å². The molecule has 0 saturated heterocycles. The number of hydrogen-bond donors (Lipinski definition) is 1. The predicted molar refractivity (Wildman–Crippen MR) is 104 cm³/mol. The van der Waals surface area contributed by atoms with Crippen molar-refractivity contribution in [3.05, 3.63) is 53.3 Å². The highest BCUT2D eigenvalue weighted by molar-refractivity contribution is 5.76. The molecule has 144 valence electrons. The van der Waals surface area contributed by atoms with Crippen LogP contribution in [-0.2, 0) is 24.3 Å². The molecular weight excluding hydrogens is 342 g/mol. The second-order valence-electron chi connectivity index (χ2n) is 6.68. The molecule has 0 spiro atoms. The largest absolute Gasteiger partial charge is 0.493 e. The van der Waals surface area contributed by atoms with Gasteiger partial charge in [0.2, 0.25) is 5.91 Å². The van der Waals surface area contributed by atoms with Crippen LogP contribution in [0.15, 0.2) is 36.7 Å². The van der Waals surface area contributed by atoms with Gasteiger partial charge in [0.15, 0.2) is 11.5 Å². The summed E-state index contributed by atoms with van der Waals surface area (Å²) in [5.41, 5.74) is 3.58. The third-order valence-corrected chi connectivity index (χ3v) is 4.89. The van der Waals surface area contributed by atoms with E-state index in [0.29, 0.717) is 18.7 Å². The third kappa shape index (κ3) is 4.98. The number of fused-ring (bicyclic) bond motifs is 1. The standard InChI is InChI=1S/C21H27N3O3/c1-26-19-12-17-7-11-24(15-18(17)13-20(19)27-2)21(25)4-3-8-23-14-16-5-9-22-10-6-16/h5-6,9-10,12-13,23H,3-4,7-8,11,14-15H2,1-2H3. The zero-order valence-electron chi connectivity index (χ0n) is 16.0. The van der Waals surface area contributed by atoms with Gasteiger partial charge >= 0.3 is 0 Å². The van der Waals surface area contributed by atoms with Gasteiger partial charge in [-0.3, -0.25) is 9.78 Å². The summed E-state index contributed by atoms with van der Waals surface area (Å²) in [5, 5.41) is 3.37. The van der Waals surface area contributed by atoms with Crippen LogP contribution in [0.25, 0.3) is 0 Å². The molecule has 27 heavy (non-hydrogen) atoms. The molecule has 0 saturated carbocycles. The molecule has 1 aromatic carbocycles. The molecular formula is C21H27N3O3. The number of aromatic nitrogens is 1. The summed E-state index contributed by atoms with van der Waals surface area (Å²) < 4.78 is 10.8. The van der Waals surface area contributed by atoms with Crippen molar-refractivity contribution in [3.63, 3.8) is 0 Å². The van der Waals surface area contributed by atoms with E-state index in [9.17, 15) is 4.79 Å². The number of nitrogens with zero attached hydrogens (tertiary/aromatic N) is 2. The summed E-state index contributed by atoms with van der Waals surface area (Å²) in [7, 11) is 3.28. The van der Waals surface area contributed by atoms with Crippen molar-refractivity contribution in [1.29, 1.82) is 0 Å². The number of amides is 1. The number of rotatable bonds is 8. The van der Waals surface area contributed by atoms with Crippen LogP contribution in [0.3, 0.4) is 0 Å². The molecule has 0 atom stereocenters. The number of nitrogens with one attached hydrogen (secondary N) is 1. The number of hydrogen-bond acceptors (Lipinski definition) is 5. The van der Waals surface area contributed by atoms with Crippen molar-refractivity contribution in [3.8, 4) is 11.5 Å². The summed E-state index contributed by atoms with van der Waals surface area (Å²) in [6.45, 7) is 3.02. The van der Waals surface area contributed by atoms with Gasteiger partial charge in [0.25, 0.3) is 0 Å². The lowest BCUT2D eigenvalue weighted by Gasteiger charge is -2.29. The Morgan fingerprint density at radius 2 is 1.85 bits per heavy atom. The Morgan fingerprint density at radius 1 is 1.15 bits per heavy atom. The monoisotopic (exact) mass is 369 g/mol. The van der Waals surface area contributed by atoms with Gasteiger partial charge in [-0.1, -0.05) is 0 Å². The fraction of sp³-hybridized carbons (Fsp3) is 0.429. The SMILES string of the molecule is COc1cc2c(cc1OC)CN(C(=O)CCCNCc1ccncc1)CC2. The molecule has 1 amide bonds. The molecule has 6 heteroatoms. The smallest absolute Gasteiger partial charge is 0.222 e. The predicted octanol–water partition coefficient (Wildman–Crippen LogP) is 2.55. The highest BCUT2D eigenvalue weighted by Crippen LogP contribution is 2.33. The Balaban J connectivity index is 1.46. The number of pyridine rings is 1. The molecule has 1 aliphatic heterocycles. The van der Waals surface area contributed by atoms with Gasteiger partial charge < -0.3 is 19.7 Å². The van der Waals surface area contributed by atoms with E-state index in [4.69, 9.17) is 9.47 Å². The van der Waals surface area contributed by atoms with Crippen LogP contribution in [-0.4, -0.2) is 43.1 Å². The molecule has 0 radical (unpaired) electrons. The first-order valence-electron chi connectivity index (χ1n) is 9.32. The van der Waals surface area contributed by atoms with Gasteiger partial charge in [0.1, 0.15) is 0 Å². The first kappa shape index (κ1) is 19.2. The lowest BCUT2D eigenvalue weighted by atomic mass is 9.98. The molecule has 1 N–H and O–H groups in total. The van der Waals surface area contributed by atoms with Crippen LogP contribution in [0.2, 0.25) is 0 Å². The van der Waals surface area contributed by atoms with Crippen molar-refractivity contribution in [2.24, 2.45) is 0 Å². The highest BCUT2D eigenvalue weighted by Gasteiger charge is 2.22. The summed E-state index contributed by atoms with van der Waals surface area (Å²) in [6.07, 6.45) is 5.82. The molecule has 0 fully saturated rings. The van der Waals surface area contributed by atoms with Crippen molar-refractivity contribution in [2.75, 3.05) is 27.3 Å². The number of methoxy groups -OCH3 is 2. The summed E-state index contributed by atoms with van der Waals surface area (Å²) in [4.78, 5) is 18.5. The zero-order chi connectivity index (χ0) is 19.1. The maximum atomic E-state index is 12.6. The van der Waals surface area contributed by atoms with Gasteiger partial charge in [0.05, 0.1) is 14.2 Å². The van der Waals surface area contributed by atoms with Crippen molar-refractivity contribution >= 4 is 5.91 Å². The average molecular weight is 369 g/mol. The Bertz CT molecular complexity index is 765. The molecule has 0 aliphatic carbocycles. The maximum Gasteiger partial charge on any atom is 0.222 e. The van der Waals surface area contributed by atoms with Crippen molar-refractivity contribution < 1.29 is 14.3 Å². The molecule has 0 unspecified atom stereocenters. The van der Waals surface area contributed by atoms with Crippen LogP contribution >= 0.6 is 0 Å². The van der Waals surface area contributed by atoms with Gasteiger partial charge in [0, 0.05) is 38.4 Å². The fourth-order valence-electron chi connectivity index (χ4n) is 3.35.